The van der Waals surface area contributed by atoms with E-state index in [0.717, 1.165) is 6.61 Å². The molecular formula is C8H17NO. The molecule has 1 heterocycles. The second-order valence-corrected chi connectivity index (χ2v) is 3.11. The first-order valence-corrected chi connectivity index (χ1v) is 4.04. The summed E-state index contributed by atoms with van der Waals surface area (Å²) in [6, 6.07) is 0.595. The third-order valence-corrected chi connectivity index (χ3v) is 2.53. The standard InChI is InChI=1S/C8H17NO/c1-6(9-3)8-4-5-10-7(8)2/h6-9H,4-5H2,1-3H3. The van der Waals surface area contributed by atoms with Gasteiger partial charge in [0.25, 0.3) is 0 Å². The Labute approximate surface area is 63.0 Å². The van der Waals surface area contributed by atoms with Gasteiger partial charge in [-0.2, -0.15) is 0 Å². The zero-order valence-electron chi connectivity index (χ0n) is 7.05. The molecule has 2 heteroatoms. The zero-order valence-corrected chi connectivity index (χ0v) is 7.05. The summed E-state index contributed by atoms with van der Waals surface area (Å²) < 4.78 is 5.45. The first-order chi connectivity index (χ1) is 4.75. The van der Waals surface area contributed by atoms with Gasteiger partial charge >= 0.3 is 0 Å². The summed E-state index contributed by atoms with van der Waals surface area (Å²) in [5.74, 6) is 0.713. The van der Waals surface area contributed by atoms with Crippen LogP contribution in [0.5, 0.6) is 0 Å². The van der Waals surface area contributed by atoms with Crippen molar-refractivity contribution in [1.82, 2.24) is 5.32 Å². The highest BCUT2D eigenvalue weighted by atomic mass is 16.5. The third kappa shape index (κ3) is 1.50. The molecular weight excluding hydrogens is 126 g/mol. The highest BCUT2D eigenvalue weighted by Gasteiger charge is 2.27. The maximum atomic E-state index is 5.45. The summed E-state index contributed by atoms with van der Waals surface area (Å²) in [6.07, 6.45) is 1.66. The predicted molar refractivity (Wildman–Crippen MR) is 42.0 cm³/mol. The van der Waals surface area contributed by atoms with Gasteiger partial charge in [-0.1, -0.05) is 0 Å². The van der Waals surface area contributed by atoms with E-state index in [2.05, 4.69) is 19.2 Å². The molecule has 1 saturated heterocycles. The van der Waals surface area contributed by atoms with Crippen molar-refractivity contribution in [2.24, 2.45) is 5.92 Å². The van der Waals surface area contributed by atoms with Crippen LogP contribution in [0, 0.1) is 5.92 Å². The topological polar surface area (TPSA) is 21.3 Å². The van der Waals surface area contributed by atoms with Gasteiger partial charge in [0.1, 0.15) is 0 Å². The molecule has 1 N–H and O–H groups in total. The van der Waals surface area contributed by atoms with Crippen LogP contribution in [0.4, 0.5) is 0 Å². The normalized spacial score (nSPS) is 36.3. The van der Waals surface area contributed by atoms with Crippen LogP contribution in [0.25, 0.3) is 0 Å². The van der Waals surface area contributed by atoms with E-state index in [1.165, 1.54) is 6.42 Å². The zero-order chi connectivity index (χ0) is 7.56. The first kappa shape index (κ1) is 8.02. The van der Waals surface area contributed by atoms with Crippen molar-refractivity contribution in [3.8, 4) is 0 Å². The van der Waals surface area contributed by atoms with E-state index in [-0.39, 0.29) is 0 Å². The number of ether oxygens (including phenoxy) is 1. The van der Waals surface area contributed by atoms with Gasteiger partial charge in [0.05, 0.1) is 6.10 Å². The summed E-state index contributed by atoms with van der Waals surface area (Å²) in [5, 5.41) is 3.26. The maximum Gasteiger partial charge on any atom is 0.0590 e. The largest absolute Gasteiger partial charge is 0.378 e. The molecule has 0 amide bonds. The van der Waals surface area contributed by atoms with E-state index in [9.17, 15) is 0 Å². The lowest BCUT2D eigenvalue weighted by Gasteiger charge is -2.20. The van der Waals surface area contributed by atoms with Gasteiger partial charge in [0, 0.05) is 18.6 Å². The summed E-state index contributed by atoms with van der Waals surface area (Å²) in [4.78, 5) is 0. The van der Waals surface area contributed by atoms with Crippen molar-refractivity contribution in [3.63, 3.8) is 0 Å². The highest BCUT2D eigenvalue weighted by Crippen LogP contribution is 2.23. The Morgan fingerprint density at radius 2 is 2.30 bits per heavy atom. The lowest BCUT2D eigenvalue weighted by atomic mass is 9.95. The van der Waals surface area contributed by atoms with Crippen molar-refractivity contribution in [1.29, 1.82) is 0 Å². The number of rotatable bonds is 2. The summed E-state index contributed by atoms with van der Waals surface area (Å²) in [5.41, 5.74) is 0. The average molecular weight is 143 g/mol. The molecule has 0 aliphatic carbocycles. The van der Waals surface area contributed by atoms with E-state index in [1.807, 2.05) is 7.05 Å². The van der Waals surface area contributed by atoms with Crippen LogP contribution in [0.15, 0.2) is 0 Å². The molecule has 2 nitrogen and oxygen atoms in total. The van der Waals surface area contributed by atoms with Crippen molar-refractivity contribution >= 4 is 0 Å². The Bertz CT molecular complexity index is 105. The van der Waals surface area contributed by atoms with E-state index in [4.69, 9.17) is 4.74 Å². The van der Waals surface area contributed by atoms with Gasteiger partial charge in [0.15, 0.2) is 0 Å². The lowest BCUT2D eigenvalue weighted by molar-refractivity contribution is 0.0982. The van der Waals surface area contributed by atoms with Crippen LogP contribution in [-0.2, 0) is 4.74 Å². The molecule has 1 fully saturated rings. The Hall–Kier alpha value is -0.0800. The molecule has 0 spiro atoms. The van der Waals surface area contributed by atoms with Gasteiger partial charge in [-0.05, 0) is 27.3 Å². The molecule has 1 aliphatic heterocycles. The van der Waals surface area contributed by atoms with Crippen molar-refractivity contribution < 1.29 is 4.74 Å². The Morgan fingerprint density at radius 1 is 1.60 bits per heavy atom. The lowest BCUT2D eigenvalue weighted by Crippen LogP contribution is -2.34. The third-order valence-electron chi connectivity index (χ3n) is 2.53. The van der Waals surface area contributed by atoms with Crippen LogP contribution >= 0.6 is 0 Å². The van der Waals surface area contributed by atoms with E-state index in [0.29, 0.717) is 18.1 Å². The molecule has 0 aromatic carbocycles. The smallest absolute Gasteiger partial charge is 0.0590 e. The molecule has 0 radical (unpaired) electrons. The Balaban J connectivity index is 2.38. The SMILES string of the molecule is CNC(C)C1CCOC1C. The summed E-state index contributed by atoms with van der Waals surface area (Å²) >= 11 is 0. The van der Waals surface area contributed by atoms with Crippen molar-refractivity contribution in [2.45, 2.75) is 32.4 Å². The van der Waals surface area contributed by atoms with E-state index < -0.39 is 0 Å². The van der Waals surface area contributed by atoms with Crippen LogP contribution < -0.4 is 5.32 Å². The van der Waals surface area contributed by atoms with E-state index >= 15 is 0 Å². The maximum absolute atomic E-state index is 5.45. The number of nitrogens with one attached hydrogen (secondary N) is 1. The molecule has 3 atom stereocenters. The fourth-order valence-corrected chi connectivity index (χ4v) is 1.62. The minimum atomic E-state index is 0.447. The Morgan fingerprint density at radius 3 is 2.70 bits per heavy atom. The molecule has 3 unspecified atom stereocenters. The van der Waals surface area contributed by atoms with Gasteiger partial charge < -0.3 is 10.1 Å². The average Bonchev–Trinajstić information content (AvgIpc) is 2.34. The van der Waals surface area contributed by atoms with Gasteiger partial charge in [-0.25, -0.2) is 0 Å². The number of hydrogen-bond acceptors (Lipinski definition) is 2. The van der Waals surface area contributed by atoms with Gasteiger partial charge in [-0.3, -0.25) is 0 Å². The summed E-state index contributed by atoms with van der Waals surface area (Å²) in [6.45, 7) is 5.32. The minimum absolute atomic E-state index is 0.447. The molecule has 0 bridgehead atoms. The molecule has 1 aliphatic rings. The Kier molecular flexibility index (Phi) is 2.69. The van der Waals surface area contributed by atoms with Gasteiger partial charge in [0.2, 0.25) is 0 Å². The van der Waals surface area contributed by atoms with Crippen molar-refractivity contribution in [2.75, 3.05) is 13.7 Å². The van der Waals surface area contributed by atoms with Crippen LogP contribution in [0.1, 0.15) is 20.3 Å². The first-order valence-electron chi connectivity index (χ1n) is 4.04. The van der Waals surface area contributed by atoms with Crippen molar-refractivity contribution in [3.05, 3.63) is 0 Å². The second-order valence-electron chi connectivity index (χ2n) is 3.11. The monoisotopic (exact) mass is 143 g/mol. The fraction of sp³-hybridized carbons (Fsp3) is 1.00. The number of hydrogen-bond donors (Lipinski definition) is 1. The molecule has 0 saturated carbocycles. The quantitative estimate of drug-likeness (QED) is 0.623. The highest BCUT2D eigenvalue weighted by molar-refractivity contribution is 4.80. The summed E-state index contributed by atoms with van der Waals surface area (Å²) in [7, 11) is 2.01. The van der Waals surface area contributed by atoms with E-state index in [1.54, 1.807) is 0 Å². The van der Waals surface area contributed by atoms with Crippen LogP contribution in [0.3, 0.4) is 0 Å². The second kappa shape index (κ2) is 3.35. The molecule has 0 aromatic rings. The molecule has 10 heavy (non-hydrogen) atoms. The van der Waals surface area contributed by atoms with Crippen LogP contribution in [0.2, 0.25) is 0 Å². The predicted octanol–water partition coefficient (Wildman–Crippen LogP) is 1.02. The molecule has 1 rings (SSSR count). The van der Waals surface area contributed by atoms with Crippen LogP contribution in [-0.4, -0.2) is 25.8 Å². The minimum Gasteiger partial charge on any atom is -0.378 e. The van der Waals surface area contributed by atoms with Gasteiger partial charge in [-0.15, -0.1) is 0 Å². The molecule has 60 valence electrons. The fourth-order valence-electron chi connectivity index (χ4n) is 1.62. The molecule has 0 aromatic heterocycles.